The van der Waals surface area contributed by atoms with E-state index in [-0.39, 0.29) is 16.9 Å². The number of benzene rings is 1. The molecule has 0 heterocycles. The van der Waals surface area contributed by atoms with Gasteiger partial charge in [0, 0.05) is 5.56 Å². The first-order valence-corrected chi connectivity index (χ1v) is 6.30. The zero-order chi connectivity index (χ0) is 16.2. The zero-order valence-electron chi connectivity index (χ0n) is 11.8. The van der Waals surface area contributed by atoms with Gasteiger partial charge in [0.1, 0.15) is 6.10 Å². The Hall–Kier alpha value is -1.34. The molecule has 0 unspecified atom stereocenters. The van der Waals surface area contributed by atoms with E-state index in [1.807, 2.05) is 0 Å². The number of aliphatic hydroxyl groups is 2. The molecule has 0 amide bonds. The van der Waals surface area contributed by atoms with E-state index in [1.165, 1.54) is 21.0 Å². The highest BCUT2D eigenvalue weighted by atomic mass is 19.4. The van der Waals surface area contributed by atoms with Crippen molar-refractivity contribution in [3.63, 3.8) is 0 Å². The van der Waals surface area contributed by atoms with Gasteiger partial charge >= 0.3 is 6.18 Å². The summed E-state index contributed by atoms with van der Waals surface area (Å²) in [6.07, 6.45) is -8.00. The van der Waals surface area contributed by atoms with Crippen molar-refractivity contribution in [1.82, 2.24) is 0 Å². The number of rotatable bonds is 1. The van der Waals surface area contributed by atoms with E-state index in [9.17, 15) is 27.8 Å². The molecule has 2 N–H and O–H groups in total. The van der Waals surface area contributed by atoms with Crippen molar-refractivity contribution in [1.29, 1.82) is 0 Å². The average molecular weight is 308 g/mol. The molecule has 0 bridgehead atoms. The first kappa shape index (κ1) is 16.0. The molecule has 3 nitrogen and oxygen atoms in total. The standard InChI is InChI=1S/C14H16F4O3/c1-12(2)6-13(20,14(16,17)18)11(19)7-4-5-8(15)10(21-3)9(7)12/h4-5,11,19-20H,6H2,1-3H3/t11-,13-/m1/s1. The third kappa shape index (κ3) is 2.19. The van der Waals surface area contributed by atoms with Crippen molar-refractivity contribution < 1.29 is 32.5 Å². The number of halogens is 4. The molecule has 2 rings (SSSR count). The van der Waals surface area contributed by atoms with Crippen LogP contribution in [0.2, 0.25) is 0 Å². The van der Waals surface area contributed by atoms with Gasteiger partial charge in [0.25, 0.3) is 0 Å². The van der Waals surface area contributed by atoms with Gasteiger partial charge in [-0.1, -0.05) is 19.9 Å². The number of alkyl halides is 3. The molecule has 0 spiro atoms. The van der Waals surface area contributed by atoms with Crippen LogP contribution in [-0.2, 0) is 5.41 Å². The van der Waals surface area contributed by atoms with Crippen LogP contribution >= 0.6 is 0 Å². The fourth-order valence-corrected chi connectivity index (χ4v) is 3.07. The van der Waals surface area contributed by atoms with E-state index < -0.39 is 35.5 Å². The van der Waals surface area contributed by atoms with Crippen LogP contribution in [0.25, 0.3) is 0 Å². The molecule has 0 saturated carbocycles. The zero-order valence-corrected chi connectivity index (χ0v) is 11.8. The van der Waals surface area contributed by atoms with Crippen LogP contribution in [0.4, 0.5) is 17.6 Å². The van der Waals surface area contributed by atoms with Gasteiger partial charge in [-0.2, -0.15) is 13.2 Å². The van der Waals surface area contributed by atoms with E-state index in [0.29, 0.717) is 0 Å². The smallest absolute Gasteiger partial charge is 0.420 e. The lowest BCUT2D eigenvalue weighted by molar-refractivity contribution is -0.302. The molecule has 0 radical (unpaired) electrons. The molecule has 1 aliphatic carbocycles. The third-order valence-electron chi connectivity index (χ3n) is 3.97. The molecule has 118 valence electrons. The molecule has 0 aliphatic heterocycles. The monoisotopic (exact) mass is 308 g/mol. The minimum atomic E-state index is -5.01. The lowest BCUT2D eigenvalue weighted by atomic mass is 9.64. The molecular weight excluding hydrogens is 292 g/mol. The Balaban J connectivity index is 2.74. The molecule has 1 aromatic carbocycles. The predicted molar refractivity (Wildman–Crippen MR) is 66.6 cm³/mol. The van der Waals surface area contributed by atoms with E-state index in [1.54, 1.807) is 0 Å². The van der Waals surface area contributed by atoms with Crippen LogP contribution in [0.15, 0.2) is 12.1 Å². The topological polar surface area (TPSA) is 49.7 Å². The molecule has 0 fully saturated rings. The van der Waals surface area contributed by atoms with Gasteiger partial charge in [0.15, 0.2) is 17.2 Å². The van der Waals surface area contributed by atoms with E-state index in [0.717, 1.165) is 12.1 Å². The largest absolute Gasteiger partial charge is 0.493 e. The summed E-state index contributed by atoms with van der Waals surface area (Å²) in [5, 5.41) is 20.0. The summed E-state index contributed by atoms with van der Waals surface area (Å²) in [5.74, 6) is -0.935. The molecule has 1 aromatic rings. The van der Waals surface area contributed by atoms with Crippen molar-refractivity contribution in [2.45, 2.75) is 43.6 Å². The number of ether oxygens (including phenoxy) is 1. The summed E-state index contributed by atoms with van der Waals surface area (Å²) in [4.78, 5) is 0. The Labute approximate surface area is 119 Å². The average Bonchev–Trinajstić information content (AvgIpc) is 2.34. The molecule has 0 aromatic heterocycles. The van der Waals surface area contributed by atoms with Gasteiger partial charge in [-0.05, 0) is 23.5 Å². The van der Waals surface area contributed by atoms with Crippen molar-refractivity contribution >= 4 is 0 Å². The van der Waals surface area contributed by atoms with Crippen LogP contribution in [-0.4, -0.2) is 29.1 Å². The van der Waals surface area contributed by atoms with Gasteiger partial charge in [-0.15, -0.1) is 0 Å². The Morgan fingerprint density at radius 3 is 2.33 bits per heavy atom. The maximum absolute atomic E-state index is 13.8. The second-order valence-corrected chi connectivity index (χ2v) is 5.93. The molecule has 21 heavy (non-hydrogen) atoms. The minimum absolute atomic E-state index is 0.145. The Morgan fingerprint density at radius 2 is 1.86 bits per heavy atom. The molecule has 7 heteroatoms. The molecule has 1 aliphatic rings. The lowest BCUT2D eigenvalue weighted by Gasteiger charge is -2.46. The first-order chi connectivity index (χ1) is 9.45. The highest BCUT2D eigenvalue weighted by Gasteiger charge is 2.64. The Morgan fingerprint density at radius 1 is 1.29 bits per heavy atom. The Kier molecular flexibility index (Phi) is 3.50. The summed E-state index contributed by atoms with van der Waals surface area (Å²) in [6, 6.07) is 1.97. The molecule has 0 saturated heterocycles. The highest BCUT2D eigenvalue weighted by Crippen LogP contribution is 2.55. The van der Waals surface area contributed by atoms with Crippen molar-refractivity contribution in [2.24, 2.45) is 0 Å². The van der Waals surface area contributed by atoms with Gasteiger partial charge in [-0.25, -0.2) is 4.39 Å². The van der Waals surface area contributed by atoms with Gasteiger partial charge in [0.2, 0.25) is 0 Å². The second-order valence-electron chi connectivity index (χ2n) is 5.93. The van der Waals surface area contributed by atoms with Crippen LogP contribution < -0.4 is 4.74 Å². The number of fused-ring (bicyclic) bond motifs is 1. The SMILES string of the molecule is COc1c(F)ccc2c1C(C)(C)C[C@](O)(C(F)(F)F)[C@@H]2O. The fourth-order valence-electron chi connectivity index (χ4n) is 3.07. The lowest BCUT2D eigenvalue weighted by Crippen LogP contribution is -2.56. The summed E-state index contributed by atoms with van der Waals surface area (Å²) in [6.45, 7) is 2.88. The van der Waals surface area contributed by atoms with Crippen LogP contribution in [0, 0.1) is 5.82 Å². The summed E-state index contributed by atoms with van der Waals surface area (Å²) < 4.78 is 58.2. The van der Waals surface area contributed by atoms with Crippen LogP contribution in [0.1, 0.15) is 37.5 Å². The molecule has 2 atom stereocenters. The first-order valence-electron chi connectivity index (χ1n) is 6.30. The Bertz CT molecular complexity index is 568. The summed E-state index contributed by atoms with van der Waals surface area (Å²) >= 11 is 0. The van der Waals surface area contributed by atoms with E-state index >= 15 is 0 Å². The normalized spacial score (nSPS) is 28.1. The summed E-state index contributed by atoms with van der Waals surface area (Å²) in [7, 11) is 1.20. The van der Waals surface area contributed by atoms with Gasteiger partial charge in [0.05, 0.1) is 7.11 Å². The van der Waals surface area contributed by atoms with Gasteiger partial charge in [-0.3, -0.25) is 0 Å². The van der Waals surface area contributed by atoms with Crippen LogP contribution in [0.3, 0.4) is 0 Å². The van der Waals surface area contributed by atoms with Crippen LogP contribution in [0.5, 0.6) is 5.75 Å². The predicted octanol–water partition coefficient (Wildman–Crippen LogP) is 2.84. The number of hydrogen-bond acceptors (Lipinski definition) is 3. The number of aliphatic hydroxyl groups excluding tert-OH is 1. The second kappa shape index (κ2) is 4.58. The maximum atomic E-state index is 13.8. The highest BCUT2D eigenvalue weighted by molar-refractivity contribution is 5.50. The quantitative estimate of drug-likeness (QED) is 0.784. The number of hydrogen-bond donors (Lipinski definition) is 2. The maximum Gasteiger partial charge on any atom is 0.420 e. The number of methoxy groups -OCH3 is 1. The van der Waals surface area contributed by atoms with Crippen molar-refractivity contribution in [2.75, 3.05) is 7.11 Å². The van der Waals surface area contributed by atoms with E-state index in [4.69, 9.17) is 4.74 Å². The fraction of sp³-hybridized carbons (Fsp3) is 0.571. The molecular formula is C14H16F4O3. The van der Waals surface area contributed by atoms with Crippen molar-refractivity contribution in [3.8, 4) is 5.75 Å². The minimum Gasteiger partial charge on any atom is -0.493 e. The summed E-state index contributed by atoms with van der Waals surface area (Å²) in [5.41, 5.74) is -4.55. The van der Waals surface area contributed by atoms with Crippen molar-refractivity contribution in [3.05, 3.63) is 29.1 Å². The van der Waals surface area contributed by atoms with Gasteiger partial charge < -0.3 is 14.9 Å². The third-order valence-corrected chi connectivity index (χ3v) is 3.97. The van der Waals surface area contributed by atoms with E-state index in [2.05, 4.69) is 0 Å².